The van der Waals surface area contributed by atoms with Gasteiger partial charge in [-0.05, 0) is 0 Å². The van der Waals surface area contributed by atoms with Crippen molar-refractivity contribution in [2.45, 2.75) is 6.54 Å². The molecule has 0 atom stereocenters. The average Bonchev–Trinajstić information content (AvgIpc) is 2.48. The predicted octanol–water partition coefficient (Wildman–Crippen LogP) is 1.66. The maximum absolute atomic E-state index is 5.63. The van der Waals surface area contributed by atoms with Gasteiger partial charge in [0.2, 0.25) is 5.95 Å². The Morgan fingerprint density at radius 2 is 2.06 bits per heavy atom. The molecule has 0 unspecified atom stereocenters. The van der Waals surface area contributed by atoms with Crippen molar-refractivity contribution >= 4 is 12.2 Å². The van der Waals surface area contributed by atoms with Crippen molar-refractivity contribution in [1.82, 2.24) is 9.97 Å². The van der Waals surface area contributed by atoms with Gasteiger partial charge in [0, 0.05) is 29.1 Å². The Morgan fingerprint density at radius 1 is 1.19 bits per heavy atom. The Morgan fingerprint density at radius 3 is 3.00 bits per heavy atom. The molecule has 0 bridgehead atoms. The lowest BCUT2D eigenvalue weighted by atomic mass is 10.0. The number of nitrogens with two attached hydrogens (primary N) is 1. The van der Waals surface area contributed by atoms with Crippen LogP contribution in [0, 0.1) is 0 Å². The second-order valence-corrected chi connectivity index (χ2v) is 3.66. The van der Waals surface area contributed by atoms with Crippen LogP contribution in [0.2, 0.25) is 0 Å². The normalized spacial score (nSPS) is 12.8. The van der Waals surface area contributed by atoms with Crippen LogP contribution in [0.15, 0.2) is 35.5 Å². The third-order valence-corrected chi connectivity index (χ3v) is 2.59. The standard InChI is InChI=1S/C12H10N4/c13-12-15-7-9-6-14-5-8-3-1-2-4-10(8)11(9)16-12/h1-5,7H,6H2,(H2,13,15,16). The zero-order valence-corrected chi connectivity index (χ0v) is 8.59. The first-order valence-corrected chi connectivity index (χ1v) is 5.05. The molecule has 0 saturated heterocycles. The smallest absolute Gasteiger partial charge is 0.220 e. The quantitative estimate of drug-likeness (QED) is 0.719. The van der Waals surface area contributed by atoms with Crippen LogP contribution in [0.3, 0.4) is 0 Å². The first-order chi connectivity index (χ1) is 7.84. The lowest BCUT2D eigenvalue weighted by Gasteiger charge is -2.06. The van der Waals surface area contributed by atoms with Crippen molar-refractivity contribution in [2.75, 3.05) is 5.73 Å². The van der Waals surface area contributed by atoms with E-state index in [1.165, 1.54) is 0 Å². The van der Waals surface area contributed by atoms with Crippen LogP contribution >= 0.6 is 0 Å². The number of benzene rings is 1. The summed E-state index contributed by atoms with van der Waals surface area (Å²) >= 11 is 0. The minimum Gasteiger partial charge on any atom is -0.368 e. The van der Waals surface area contributed by atoms with E-state index in [1.807, 2.05) is 30.5 Å². The second-order valence-electron chi connectivity index (χ2n) is 3.66. The zero-order chi connectivity index (χ0) is 11.0. The molecule has 0 amide bonds. The van der Waals surface area contributed by atoms with Crippen molar-refractivity contribution in [3.63, 3.8) is 0 Å². The van der Waals surface area contributed by atoms with E-state index in [9.17, 15) is 0 Å². The fourth-order valence-electron chi connectivity index (χ4n) is 1.84. The van der Waals surface area contributed by atoms with Crippen LogP contribution in [0.1, 0.15) is 11.1 Å². The summed E-state index contributed by atoms with van der Waals surface area (Å²) in [5.41, 5.74) is 9.66. The number of anilines is 1. The molecular formula is C12H10N4. The molecule has 0 radical (unpaired) electrons. The van der Waals surface area contributed by atoms with Crippen molar-refractivity contribution in [3.8, 4) is 11.3 Å². The molecule has 78 valence electrons. The van der Waals surface area contributed by atoms with Crippen molar-refractivity contribution in [1.29, 1.82) is 0 Å². The maximum atomic E-state index is 5.63. The summed E-state index contributed by atoms with van der Waals surface area (Å²) in [7, 11) is 0. The molecule has 4 nitrogen and oxygen atoms in total. The molecule has 0 fully saturated rings. The summed E-state index contributed by atoms with van der Waals surface area (Å²) in [6.45, 7) is 0.601. The van der Waals surface area contributed by atoms with Crippen LogP contribution in [-0.4, -0.2) is 16.2 Å². The molecule has 0 saturated carbocycles. The SMILES string of the molecule is Nc1ncc2c(n1)-c1ccccc1C=NC2. The topological polar surface area (TPSA) is 64.2 Å². The largest absolute Gasteiger partial charge is 0.368 e. The van der Waals surface area contributed by atoms with Crippen LogP contribution in [0.5, 0.6) is 0 Å². The molecule has 2 N–H and O–H groups in total. The molecule has 2 aromatic rings. The highest BCUT2D eigenvalue weighted by Crippen LogP contribution is 2.27. The summed E-state index contributed by atoms with van der Waals surface area (Å²) < 4.78 is 0. The molecule has 16 heavy (non-hydrogen) atoms. The van der Waals surface area contributed by atoms with Gasteiger partial charge in [-0.15, -0.1) is 0 Å². The van der Waals surface area contributed by atoms with E-state index in [0.717, 1.165) is 22.4 Å². The molecule has 1 aliphatic heterocycles. The molecule has 2 heterocycles. The first kappa shape index (κ1) is 9.03. The van der Waals surface area contributed by atoms with E-state index < -0.39 is 0 Å². The van der Waals surface area contributed by atoms with Gasteiger partial charge in [-0.3, -0.25) is 4.99 Å². The van der Waals surface area contributed by atoms with E-state index in [0.29, 0.717) is 12.5 Å². The summed E-state index contributed by atoms with van der Waals surface area (Å²) in [6.07, 6.45) is 3.62. The Labute approximate surface area is 92.9 Å². The highest BCUT2D eigenvalue weighted by molar-refractivity contribution is 5.91. The maximum Gasteiger partial charge on any atom is 0.220 e. The number of fused-ring (bicyclic) bond motifs is 3. The fourth-order valence-corrected chi connectivity index (χ4v) is 1.84. The van der Waals surface area contributed by atoms with Gasteiger partial charge >= 0.3 is 0 Å². The van der Waals surface area contributed by atoms with E-state index in [4.69, 9.17) is 5.73 Å². The lowest BCUT2D eigenvalue weighted by Crippen LogP contribution is -2.00. The van der Waals surface area contributed by atoms with Crippen molar-refractivity contribution < 1.29 is 0 Å². The molecule has 4 heteroatoms. The zero-order valence-electron chi connectivity index (χ0n) is 8.59. The summed E-state index contributed by atoms with van der Waals surface area (Å²) in [5, 5.41) is 0. The number of hydrogen-bond donors (Lipinski definition) is 1. The third kappa shape index (κ3) is 1.35. The van der Waals surface area contributed by atoms with Crippen LogP contribution in [-0.2, 0) is 6.54 Å². The Hall–Kier alpha value is -2.23. The third-order valence-electron chi connectivity index (χ3n) is 2.59. The summed E-state index contributed by atoms with van der Waals surface area (Å²) in [6, 6.07) is 8.02. The van der Waals surface area contributed by atoms with Gasteiger partial charge in [0.25, 0.3) is 0 Å². The van der Waals surface area contributed by atoms with E-state index in [-0.39, 0.29) is 0 Å². The molecule has 0 aliphatic carbocycles. The fraction of sp³-hybridized carbons (Fsp3) is 0.0833. The van der Waals surface area contributed by atoms with Gasteiger partial charge in [-0.25, -0.2) is 9.97 Å². The van der Waals surface area contributed by atoms with Gasteiger partial charge in [-0.2, -0.15) is 0 Å². The van der Waals surface area contributed by atoms with Crippen LogP contribution in [0.25, 0.3) is 11.3 Å². The Balaban J connectivity index is 2.32. The molecular weight excluding hydrogens is 200 g/mol. The number of hydrogen-bond acceptors (Lipinski definition) is 4. The Kier molecular flexibility index (Phi) is 1.93. The second kappa shape index (κ2) is 3.41. The lowest BCUT2D eigenvalue weighted by molar-refractivity contribution is 1.03. The first-order valence-electron chi connectivity index (χ1n) is 5.05. The molecule has 1 aromatic heterocycles. The molecule has 0 spiro atoms. The van der Waals surface area contributed by atoms with Gasteiger partial charge < -0.3 is 5.73 Å². The van der Waals surface area contributed by atoms with Crippen LogP contribution in [0.4, 0.5) is 5.95 Å². The van der Waals surface area contributed by atoms with Gasteiger partial charge in [0.05, 0.1) is 12.2 Å². The van der Waals surface area contributed by atoms with Gasteiger partial charge in [0.1, 0.15) is 0 Å². The predicted molar refractivity (Wildman–Crippen MR) is 63.2 cm³/mol. The van der Waals surface area contributed by atoms with Crippen LogP contribution < -0.4 is 5.73 Å². The summed E-state index contributed by atoms with van der Waals surface area (Å²) in [4.78, 5) is 12.6. The van der Waals surface area contributed by atoms with E-state index in [2.05, 4.69) is 15.0 Å². The van der Waals surface area contributed by atoms with E-state index in [1.54, 1.807) is 6.20 Å². The molecule has 3 rings (SSSR count). The number of aliphatic imine (C=N–C) groups is 1. The monoisotopic (exact) mass is 210 g/mol. The average molecular weight is 210 g/mol. The molecule has 1 aliphatic rings. The van der Waals surface area contributed by atoms with E-state index >= 15 is 0 Å². The highest BCUT2D eigenvalue weighted by Gasteiger charge is 2.13. The van der Waals surface area contributed by atoms with Crippen molar-refractivity contribution in [2.24, 2.45) is 4.99 Å². The molecule has 1 aromatic carbocycles. The minimum atomic E-state index is 0.301. The van der Waals surface area contributed by atoms with Gasteiger partial charge in [0.15, 0.2) is 0 Å². The number of aromatic nitrogens is 2. The number of nitrogen functional groups attached to an aromatic ring is 1. The Bertz CT molecular complexity index is 575. The highest BCUT2D eigenvalue weighted by atomic mass is 15.0. The minimum absolute atomic E-state index is 0.301. The summed E-state index contributed by atoms with van der Waals surface area (Å²) in [5.74, 6) is 0.301. The number of rotatable bonds is 0. The number of nitrogens with zero attached hydrogens (tertiary/aromatic N) is 3. The van der Waals surface area contributed by atoms with Crippen molar-refractivity contribution in [3.05, 3.63) is 41.6 Å². The van der Waals surface area contributed by atoms with Gasteiger partial charge in [-0.1, -0.05) is 24.3 Å².